The first-order valence-corrected chi connectivity index (χ1v) is 4.69. The van der Waals surface area contributed by atoms with E-state index in [2.05, 4.69) is 4.74 Å². The zero-order chi connectivity index (χ0) is 12.0. The van der Waals surface area contributed by atoms with Crippen molar-refractivity contribution < 1.29 is 19.4 Å². The molecular formula is C12H12O4. The van der Waals surface area contributed by atoms with Gasteiger partial charge in [-0.15, -0.1) is 0 Å². The Kier molecular flexibility index (Phi) is 4.27. The lowest BCUT2D eigenvalue weighted by atomic mass is 10.1. The molecule has 84 valence electrons. The summed E-state index contributed by atoms with van der Waals surface area (Å²) in [7, 11) is 1.31. The van der Waals surface area contributed by atoms with Crippen LogP contribution in [0.2, 0.25) is 0 Å². The summed E-state index contributed by atoms with van der Waals surface area (Å²) in [6, 6.07) is 4.73. The SMILES string of the molecule is COC(=O)CC=Cc1cccc(O)c1C=O. The minimum absolute atomic E-state index is 0.0739. The summed E-state index contributed by atoms with van der Waals surface area (Å²) in [5.41, 5.74) is 0.780. The fraction of sp³-hybridized carbons (Fsp3) is 0.167. The van der Waals surface area contributed by atoms with E-state index < -0.39 is 0 Å². The van der Waals surface area contributed by atoms with Crippen molar-refractivity contribution in [1.82, 2.24) is 0 Å². The molecule has 0 aliphatic carbocycles. The first-order chi connectivity index (χ1) is 7.69. The first kappa shape index (κ1) is 12.0. The second kappa shape index (κ2) is 5.70. The number of phenols is 1. The topological polar surface area (TPSA) is 63.6 Å². The van der Waals surface area contributed by atoms with Crippen molar-refractivity contribution in [3.05, 3.63) is 35.4 Å². The van der Waals surface area contributed by atoms with Gasteiger partial charge in [0, 0.05) is 0 Å². The van der Waals surface area contributed by atoms with E-state index in [1.807, 2.05) is 0 Å². The highest BCUT2D eigenvalue weighted by atomic mass is 16.5. The van der Waals surface area contributed by atoms with Crippen molar-refractivity contribution in [2.24, 2.45) is 0 Å². The summed E-state index contributed by atoms with van der Waals surface area (Å²) in [5.74, 6) is -0.431. The number of rotatable bonds is 4. The zero-order valence-electron chi connectivity index (χ0n) is 8.84. The quantitative estimate of drug-likeness (QED) is 0.620. The number of carbonyl (C=O) groups excluding carboxylic acids is 2. The molecule has 4 nitrogen and oxygen atoms in total. The van der Waals surface area contributed by atoms with Crippen molar-refractivity contribution in [3.8, 4) is 5.75 Å². The summed E-state index contributed by atoms with van der Waals surface area (Å²) in [5, 5.41) is 9.39. The van der Waals surface area contributed by atoms with Gasteiger partial charge >= 0.3 is 5.97 Å². The third-order valence-corrected chi connectivity index (χ3v) is 2.04. The standard InChI is InChI=1S/C12H12O4/c1-16-12(15)7-3-5-9-4-2-6-11(14)10(9)8-13/h2-6,8,14H,7H2,1H3. The number of esters is 1. The number of carbonyl (C=O) groups is 2. The van der Waals surface area contributed by atoms with Crippen LogP contribution in [0.5, 0.6) is 5.75 Å². The van der Waals surface area contributed by atoms with Crippen LogP contribution in [0.15, 0.2) is 24.3 Å². The fourth-order valence-electron chi connectivity index (χ4n) is 1.21. The molecule has 0 spiro atoms. The monoisotopic (exact) mass is 220 g/mol. The number of methoxy groups -OCH3 is 1. The number of aromatic hydroxyl groups is 1. The highest BCUT2D eigenvalue weighted by Crippen LogP contribution is 2.20. The molecule has 0 bridgehead atoms. The predicted octanol–water partition coefficient (Wildman–Crippen LogP) is 1.78. The molecule has 0 aromatic heterocycles. The Hall–Kier alpha value is -2.10. The lowest BCUT2D eigenvalue weighted by molar-refractivity contribution is -0.139. The maximum absolute atomic E-state index is 10.8. The van der Waals surface area contributed by atoms with Gasteiger partial charge < -0.3 is 9.84 Å². The molecule has 0 fully saturated rings. The molecule has 16 heavy (non-hydrogen) atoms. The lowest BCUT2D eigenvalue weighted by Crippen LogP contribution is -1.96. The van der Waals surface area contributed by atoms with E-state index in [4.69, 9.17) is 0 Å². The van der Waals surface area contributed by atoms with Gasteiger partial charge in [0.05, 0.1) is 19.1 Å². The summed E-state index contributed by atoms with van der Waals surface area (Å²) in [6.45, 7) is 0. The Bertz CT molecular complexity index is 421. The van der Waals surface area contributed by atoms with E-state index in [0.717, 1.165) is 0 Å². The molecule has 1 aromatic rings. The smallest absolute Gasteiger partial charge is 0.309 e. The van der Waals surface area contributed by atoms with Crippen LogP contribution >= 0.6 is 0 Å². The molecule has 4 heteroatoms. The van der Waals surface area contributed by atoms with E-state index >= 15 is 0 Å². The largest absolute Gasteiger partial charge is 0.507 e. The van der Waals surface area contributed by atoms with Crippen molar-refractivity contribution in [3.63, 3.8) is 0 Å². The summed E-state index contributed by atoms with van der Waals surface area (Å²) in [4.78, 5) is 21.5. The van der Waals surface area contributed by atoms with Crippen LogP contribution < -0.4 is 0 Å². The van der Waals surface area contributed by atoms with Crippen LogP contribution in [0.3, 0.4) is 0 Å². The molecule has 0 saturated heterocycles. The minimum Gasteiger partial charge on any atom is -0.507 e. The third-order valence-electron chi connectivity index (χ3n) is 2.04. The van der Waals surface area contributed by atoms with E-state index in [0.29, 0.717) is 11.8 Å². The molecule has 0 aliphatic rings. The molecule has 1 aromatic carbocycles. The molecule has 0 heterocycles. The number of hydrogen-bond donors (Lipinski definition) is 1. The van der Waals surface area contributed by atoms with Crippen molar-refractivity contribution in [1.29, 1.82) is 0 Å². The summed E-state index contributed by atoms with van der Waals surface area (Å²) in [6.07, 6.45) is 3.88. The van der Waals surface area contributed by atoms with E-state index in [1.54, 1.807) is 24.3 Å². The van der Waals surface area contributed by atoms with Gasteiger partial charge in [0.2, 0.25) is 0 Å². The van der Waals surface area contributed by atoms with Crippen molar-refractivity contribution in [2.75, 3.05) is 7.11 Å². The Labute approximate surface area is 93.2 Å². The van der Waals surface area contributed by atoms with Gasteiger partial charge in [0.1, 0.15) is 5.75 Å². The molecule has 1 rings (SSSR count). The van der Waals surface area contributed by atoms with Crippen LogP contribution in [0.25, 0.3) is 6.08 Å². The Balaban J connectivity index is 2.84. The van der Waals surface area contributed by atoms with Gasteiger partial charge in [-0.2, -0.15) is 0 Å². The van der Waals surface area contributed by atoms with Crippen LogP contribution in [-0.2, 0) is 9.53 Å². The maximum atomic E-state index is 10.8. The minimum atomic E-state index is -0.357. The zero-order valence-corrected chi connectivity index (χ0v) is 8.84. The van der Waals surface area contributed by atoms with E-state index in [-0.39, 0.29) is 23.7 Å². The number of ether oxygens (including phenoxy) is 1. The molecule has 0 aliphatic heterocycles. The van der Waals surface area contributed by atoms with Gasteiger partial charge in [-0.1, -0.05) is 24.3 Å². The van der Waals surface area contributed by atoms with Crippen LogP contribution in [-0.4, -0.2) is 24.5 Å². The van der Waals surface area contributed by atoms with Gasteiger partial charge in [-0.25, -0.2) is 0 Å². The van der Waals surface area contributed by atoms with Crippen LogP contribution in [0, 0.1) is 0 Å². The van der Waals surface area contributed by atoms with Gasteiger partial charge in [-0.05, 0) is 11.6 Å². The number of benzene rings is 1. The van der Waals surface area contributed by atoms with Crippen LogP contribution in [0.1, 0.15) is 22.3 Å². The Morgan fingerprint density at radius 2 is 2.25 bits per heavy atom. The highest BCUT2D eigenvalue weighted by Gasteiger charge is 2.03. The second-order valence-electron chi connectivity index (χ2n) is 3.08. The summed E-state index contributed by atoms with van der Waals surface area (Å²) < 4.78 is 4.46. The van der Waals surface area contributed by atoms with Gasteiger partial charge in [0.25, 0.3) is 0 Å². The van der Waals surface area contributed by atoms with E-state index in [9.17, 15) is 14.7 Å². The molecule has 0 amide bonds. The molecule has 0 atom stereocenters. The average molecular weight is 220 g/mol. The number of phenolic OH excluding ortho intramolecular Hbond substituents is 1. The highest BCUT2D eigenvalue weighted by molar-refractivity contribution is 5.86. The number of hydrogen-bond acceptors (Lipinski definition) is 4. The first-order valence-electron chi connectivity index (χ1n) is 4.69. The van der Waals surface area contributed by atoms with Crippen LogP contribution in [0.4, 0.5) is 0 Å². The Morgan fingerprint density at radius 3 is 2.88 bits per heavy atom. The fourth-order valence-corrected chi connectivity index (χ4v) is 1.21. The molecule has 0 radical (unpaired) electrons. The lowest BCUT2D eigenvalue weighted by Gasteiger charge is -2.01. The van der Waals surface area contributed by atoms with Gasteiger partial charge in [-0.3, -0.25) is 9.59 Å². The van der Waals surface area contributed by atoms with Gasteiger partial charge in [0.15, 0.2) is 6.29 Å². The molecule has 0 unspecified atom stereocenters. The Morgan fingerprint density at radius 1 is 1.50 bits per heavy atom. The average Bonchev–Trinajstić information content (AvgIpc) is 2.29. The molecule has 0 saturated carbocycles. The predicted molar refractivity (Wildman–Crippen MR) is 59.2 cm³/mol. The van der Waals surface area contributed by atoms with Crippen molar-refractivity contribution >= 4 is 18.3 Å². The second-order valence-corrected chi connectivity index (χ2v) is 3.08. The summed E-state index contributed by atoms with van der Waals surface area (Å²) >= 11 is 0. The maximum Gasteiger partial charge on any atom is 0.309 e. The normalized spacial score (nSPS) is 10.3. The molecule has 1 N–H and O–H groups in total. The van der Waals surface area contributed by atoms with E-state index in [1.165, 1.54) is 13.2 Å². The van der Waals surface area contributed by atoms with Crippen molar-refractivity contribution in [2.45, 2.75) is 6.42 Å². The number of aldehydes is 1. The third kappa shape index (κ3) is 2.95. The molecular weight excluding hydrogens is 208 g/mol.